The van der Waals surface area contributed by atoms with Crippen molar-refractivity contribution in [1.29, 1.82) is 0 Å². The van der Waals surface area contributed by atoms with Gasteiger partial charge in [0.05, 0.1) is 0 Å². The molecule has 3 heteroatoms. The molecule has 0 unspecified atom stereocenters. The van der Waals surface area contributed by atoms with Gasteiger partial charge in [-0.15, -0.1) is 0 Å². The van der Waals surface area contributed by atoms with Crippen molar-refractivity contribution >= 4 is 6.08 Å². The van der Waals surface area contributed by atoms with Crippen LogP contribution < -0.4 is 5.56 Å². The lowest BCUT2D eigenvalue weighted by Gasteiger charge is -2.47. The molecule has 0 radical (unpaired) electrons. The molecule has 1 fully saturated rings. The fraction of sp³-hybridized carbons (Fsp3) is 0.435. The van der Waals surface area contributed by atoms with E-state index in [0.717, 1.165) is 32.5 Å². The Morgan fingerprint density at radius 1 is 1.08 bits per heavy atom. The molecular weight excluding hydrogens is 320 g/mol. The van der Waals surface area contributed by atoms with E-state index in [4.69, 9.17) is 0 Å². The first-order chi connectivity index (χ1) is 12.8. The van der Waals surface area contributed by atoms with Crippen LogP contribution in [0.25, 0.3) is 6.08 Å². The standard InChI is InChI=1S/C23H28N2O/c1-2-8-21-19-15-20(22-12-6-13-23(26)25(21)22)17-24(16-19)14-7-11-18-9-4-3-5-10-18/h3-7,9-13,19-21H,2,8,14-17H2,1H3/b11-7+/t19-,20+,21-/m0/s1. The average Bonchev–Trinajstić information content (AvgIpc) is 2.66. The van der Waals surface area contributed by atoms with E-state index >= 15 is 0 Å². The molecule has 0 spiro atoms. The van der Waals surface area contributed by atoms with E-state index in [-0.39, 0.29) is 5.56 Å². The lowest BCUT2D eigenvalue weighted by molar-refractivity contribution is 0.0950. The highest BCUT2D eigenvalue weighted by atomic mass is 16.1. The number of nitrogens with zero attached hydrogens (tertiary/aromatic N) is 2. The largest absolute Gasteiger partial charge is 0.309 e. The molecule has 3 heterocycles. The van der Waals surface area contributed by atoms with Gasteiger partial charge >= 0.3 is 0 Å². The van der Waals surface area contributed by atoms with Gasteiger partial charge < -0.3 is 4.57 Å². The summed E-state index contributed by atoms with van der Waals surface area (Å²) in [6.45, 7) is 5.36. The quantitative estimate of drug-likeness (QED) is 0.804. The summed E-state index contributed by atoms with van der Waals surface area (Å²) in [6.07, 6.45) is 7.95. The number of pyridine rings is 1. The summed E-state index contributed by atoms with van der Waals surface area (Å²) in [7, 11) is 0. The smallest absolute Gasteiger partial charge is 0.250 e. The van der Waals surface area contributed by atoms with E-state index in [1.165, 1.54) is 17.7 Å². The highest BCUT2D eigenvalue weighted by Gasteiger charge is 2.39. The van der Waals surface area contributed by atoms with Crippen molar-refractivity contribution in [3.63, 3.8) is 0 Å². The molecule has 2 aromatic rings. The molecule has 2 aliphatic rings. The average molecular weight is 348 g/mol. The second-order valence-corrected chi connectivity index (χ2v) is 7.74. The maximum Gasteiger partial charge on any atom is 0.250 e. The Bertz CT molecular complexity index is 824. The van der Waals surface area contributed by atoms with Crippen molar-refractivity contribution in [3.05, 3.63) is 76.2 Å². The van der Waals surface area contributed by atoms with Crippen LogP contribution in [0, 0.1) is 5.92 Å². The van der Waals surface area contributed by atoms with Crippen LogP contribution >= 0.6 is 0 Å². The fourth-order valence-electron chi connectivity index (χ4n) is 4.85. The predicted molar refractivity (Wildman–Crippen MR) is 107 cm³/mol. The third-order valence-corrected chi connectivity index (χ3v) is 5.93. The molecule has 0 amide bonds. The van der Waals surface area contributed by atoms with Crippen LogP contribution in [-0.4, -0.2) is 29.1 Å². The number of benzene rings is 1. The van der Waals surface area contributed by atoms with Gasteiger partial charge in [0.15, 0.2) is 0 Å². The SMILES string of the molecule is CCC[C@H]1[C@H]2C[C@H](CN(C/C=C/c3ccccc3)C2)c2cccc(=O)n21. The summed E-state index contributed by atoms with van der Waals surface area (Å²) in [6, 6.07) is 16.7. The van der Waals surface area contributed by atoms with Crippen LogP contribution in [0.4, 0.5) is 0 Å². The summed E-state index contributed by atoms with van der Waals surface area (Å²) in [4.78, 5) is 15.1. The molecule has 4 rings (SSSR count). The third kappa shape index (κ3) is 3.41. The lowest BCUT2D eigenvalue weighted by atomic mass is 9.77. The van der Waals surface area contributed by atoms with E-state index in [0.29, 0.717) is 17.9 Å². The van der Waals surface area contributed by atoms with Crippen LogP contribution in [-0.2, 0) is 0 Å². The number of aromatic nitrogens is 1. The molecule has 0 N–H and O–H groups in total. The van der Waals surface area contributed by atoms with E-state index in [1.807, 2.05) is 6.07 Å². The topological polar surface area (TPSA) is 25.2 Å². The van der Waals surface area contributed by atoms with E-state index in [9.17, 15) is 4.79 Å². The van der Waals surface area contributed by atoms with Gasteiger partial charge in [-0.3, -0.25) is 9.69 Å². The van der Waals surface area contributed by atoms with Gasteiger partial charge in [-0.25, -0.2) is 0 Å². The Morgan fingerprint density at radius 3 is 2.73 bits per heavy atom. The van der Waals surface area contributed by atoms with Crippen molar-refractivity contribution in [2.24, 2.45) is 5.92 Å². The molecule has 0 saturated carbocycles. The second-order valence-electron chi connectivity index (χ2n) is 7.74. The van der Waals surface area contributed by atoms with Gasteiger partial charge in [-0.05, 0) is 30.4 Å². The van der Waals surface area contributed by atoms with Gasteiger partial charge in [0.2, 0.25) is 0 Å². The Morgan fingerprint density at radius 2 is 1.92 bits per heavy atom. The minimum Gasteiger partial charge on any atom is -0.309 e. The van der Waals surface area contributed by atoms with Gasteiger partial charge in [-0.1, -0.05) is 61.9 Å². The third-order valence-electron chi connectivity index (χ3n) is 5.93. The molecule has 3 nitrogen and oxygen atoms in total. The molecule has 1 aromatic carbocycles. The zero-order valence-electron chi connectivity index (χ0n) is 15.6. The summed E-state index contributed by atoms with van der Waals surface area (Å²) in [5, 5.41) is 0. The molecule has 1 aromatic heterocycles. The summed E-state index contributed by atoms with van der Waals surface area (Å²) >= 11 is 0. The minimum atomic E-state index is 0.188. The number of rotatable bonds is 5. The molecule has 26 heavy (non-hydrogen) atoms. The molecule has 2 aliphatic heterocycles. The van der Waals surface area contributed by atoms with E-state index in [1.54, 1.807) is 6.07 Å². The number of fused-ring (bicyclic) bond motifs is 4. The first-order valence-corrected chi connectivity index (χ1v) is 9.91. The first-order valence-electron chi connectivity index (χ1n) is 9.91. The van der Waals surface area contributed by atoms with Crippen molar-refractivity contribution in [1.82, 2.24) is 9.47 Å². The van der Waals surface area contributed by atoms with Gasteiger partial charge in [0.1, 0.15) is 0 Å². The highest BCUT2D eigenvalue weighted by Crippen LogP contribution is 2.42. The van der Waals surface area contributed by atoms with Crippen LogP contribution in [0.2, 0.25) is 0 Å². The van der Waals surface area contributed by atoms with E-state index in [2.05, 4.69) is 64.9 Å². The molecule has 3 atom stereocenters. The molecule has 1 saturated heterocycles. The normalized spacial score (nSPS) is 25.3. The number of hydrogen-bond donors (Lipinski definition) is 0. The molecule has 136 valence electrons. The van der Waals surface area contributed by atoms with Crippen molar-refractivity contribution in [2.45, 2.75) is 38.1 Å². The van der Waals surface area contributed by atoms with E-state index < -0.39 is 0 Å². The Balaban J connectivity index is 1.53. The first kappa shape index (κ1) is 17.3. The Kier molecular flexibility index (Phi) is 5.07. The van der Waals surface area contributed by atoms with Crippen LogP contribution in [0.1, 0.15) is 49.4 Å². The van der Waals surface area contributed by atoms with Crippen molar-refractivity contribution in [2.75, 3.05) is 19.6 Å². The predicted octanol–water partition coefficient (Wildman–Crippen LogP) is 4.32. The second kappa shape index (κ2) is 7.63. The summed E-state index contributed by atoms with van der Waals surface area (Å²) < 4.78 is 2.12. The summed E-state index contributed by atoms with van der Waals surface area (Å²) in [5.74, 6) is 1.08. The van der Waals surface area contributed by atoms with Crippen molar-refractivity contribution < 1.29 is 0 Å². The lowest BCUT2D eigenvalue weighted by Crippen LogP contribution is -2.49. The number of piperidine rings is 1. The van der Waals surface area contributed by atoms with Crippen LogP contribution in [0.3, 0.4) is 0 Å². The number of hydrogen-bond acceptors (Lipinski definition) is 2. The highest BCUT2D eigenvalue weighted by molar-refractivity contribution is 5.48. The number of likely N-dealkylation sites (tertiary alicyclic amines) is 1. The fourth-order valence-corrected chi connectivity index (χ4v) is 4.85. The summed E-state index contributed by atoms with van der Waals surface area (Å²) in [5.41, 5.74) is 2.70. The molecular formula is C23H28N2O. The van der Waals surface area contributed by atoms with Gasteiger partial charge in [0.25, 0.3) is 5.56 Å². The monoisotopic (exact) mass is 348 g/mol. The maximum atomic E-state index is 12.5. The van der Waals surface area contributed by atoms with Crippen molar-refractivity contribution in [3.8, 4) is 0 Å². The minimum absolute atomic E-state index is 0.188. The molecule has 2 bridgehead atoms. The zero-order valence-corrected chi connectivity index (χ0v) is 15.6. The van der Waals surface area contributed by atoms with Gasteiger partial charge in [0, 0.05) is 43.4 Å². The maximum absolute atomic E-state index is 12.5. The zero-order chi connectivity index (χ0) is 17.9. The Labute approximate surface area is 156 Å². The Hall–Kier alpha value is -2.13. The molecule has 0 aliphatic carbocycles. The van der Waals surface area contributed by atoms with Gasteiger partial charge in [-0.2, -0.15) is 0 Å². The van der Waals surface area contributed by atoms with Crippen LogP contribution in [0.5, 0.6) is 0 Å². The van der Waals surface area contributed by atoms with Crippen LogP contribution in [0.15, 0.2) is 59.4 Å².